The molecule has 0 saturated carbocycles. The fraction of sp³-hybridized carbons (Fsp3) is 0.286. The second-order valence-corrected chi connectivity index (χ2v) is 7.35. The molecule has 0 saturated heterocycles. The molecule has 0 radical (unpaired) electrons. The molecule has 6 nitrogen and oxygen atoms in total. The molecule has 136 valence electrons. The van der Waals surface area contributed by atoms with Crippen molar-refractivity contribution in [2.45, 2.75) is 32.2 Å². The predicted octanol–water partition coefficient (Wildman–Crippen LogP) is 3.52. The molecule has 6 heteroatoms. The number of rotatable bonds is 0. The SMILES string of the molecule is Cc1nc2cccc3c2nc1N[C@H](C)/C=C\C[C@@H]1CNC(=O)c2cc-3[nH]c21. The Hall–Kier alpha value is -3.15. The highest BCUT2D eigenvalue weighted by atomic mass is 16.1. The number of hydrogen-bond donors (Lipinski definition) is 3. The number of carbonyl (C=O) groups excluding carboxylic acids is 1. The van der Waals surface area contributed by atoms with E-state index in [0.29, 0.717) is 6.54 Å². The van der Waals surface area contributed by atoms with Crippen molar-refractivity contribution in [3.8, 4) is 11.3 Å². The molecule has 2 aromatic heterocycles. The van der Waals surface area contributed by atoms with Crippen LogP contribution in [0.4, 0.5) is 5.82 Å². The molecular formula is C21H21N5O. The van der Waals surface area contributed by atoms with Crippen molar-refractivity contribution < 1.29 is 4.79 Å². The number of hydrogen-bond acceptors (Lipinski definition) is 4. The monoisotopic (exact) mass is 359 g/mol. The van der Waals surface area contributed by atoms with E-state index in [1.54, 1.807) is 0 Å². The van der Waals surface area contributed by atoms with Gasteiger partial charge >= 0.3 is 0 Å². The minimum absolute atomic E-state index is 0.0160. The van der Waals surface area contributed by atoms with Gasteiger partial charge in [0.1, 0.15) is 11.3 Å². The normalized spacial score (nSPS) is 22.4. The maximum Gasteiger partial charge on any atom is 0.253 e. The van der Waals surface area contributed by atoms with Gasteiger partial charge in [-0.1, -0.05) is 24.3 Å². The molecule has 2 aliphatic heterocycles. The van der Waals surface area contributed by atoms with Gasteiger partial charge in [0.25, 0.3) is 5.91 Å². The highest BCUT2D eigenvalue weighted by molar-refractivity contribution is 6.00. The van der Waals surface area contributed by atoms with Gasteiger partial charge in [0.2, 0.25) is 0 Å². The highest BCUT2D eigenvalue weighted by Gasteiger charge is 2.28. The van der Waals surface area contributed by atoms with Crippen LogP contribution in [0.15, 0.2) is 36.4 Å². The van der Waals surface area contributed by atoms with Crippen LogP contribution < -0.4 is 10.6 Å². The fourth-order valence-electron chi connectivity index (χ4n) is 3.97. The van der Waals surface area contributed by atoms with Crippen molar-refractivity contribution in [3.05, 3.63) is 53.4 Å². The van der Waals surface area contributed by atoms with E-state index in [-0.39, 0.29) is 17.9 Å². The van der Waals surface area contributed by atoms with E-state index in [4.69, 9.17) is 9.97 Å². The number of carbonyl (C=O) groups is 1. The Labute approximate surface area is 157 Å². The first-order chi connectivity index (χ1) is 13.1. The van der Waals surface area contributed by atoms with Crippen LogP contribution >= 0.6 is 0 Å². The van der Waals surface area contributed by atoms with Gasteiger partial charge in [-0.2, -0.15) is 0 Å². The first-order valence-corrected chi connectivity index (χ1v) is 9.32. The topological polar surface area (TPSA) is 82.7 Å². The summed E-state index contributed by atoms with van der Waals surface area (Å²) in [5, 5.41) is 6.47. The Kier molecular flexibility index (Phi) is 3.53. The van der Waals surface area contributed by atoms with Crippen molar-refractivity contribution in [1.82, 2.24) is 20.3 Å². The van der Waals surface area contributed by atoms with E-state index in [0.717, 1.165) is 51.5 Å². The molecule has 0 unspecified atom stereocenters. The number of nitrogens with zero attached hydrogens (tertiary/aromatic N) is 2. The quantitative estimate of drug-likeness (QED) is 0.536. The number of para-hydroxylation sites is 1. The van der Waals surface area contributed by atoms with E-state index in [2.05, 4.69) is 34.7 Å². The molecule has 3 N–H and O–H groups in total. The molecule has 5 rings (SSSR count). The zero-order chi connectivity index (χ0) is 18.5. The summed E-state index contributed by atoms with van der Waals surface area (Å²) in [4.78, 5) is 25.5. The predicted molar refractivity (Wildman–Crippen MR) is 106 cm³/mol. The molecule has 1 amide bonds. The number of aromatic amines is 1. The van der Waals surface area contributed by atoms with Crippen LogP contribution in [0.2, 0.25) is 0 Å². The average molecular weight is 359 g/mol. The van der Waals surface area contributed by atoms with Crippen LogP contribution in [-0.2, 0) is 0 Å². The molecule has 4 bridgehead atoms. The summed E-state index contributed by atoms with van der Waals surface area (Å²) in [6, 6.07) is 8.07. The lowest BCUT2D eigenvalue weighted by Gasteiger charge is -2.22. The summed E-state index contributed by atoms with van der Waals surface area (Å²) in [6.07, 6.45) is 5.19. The van der Waals surface area contributed by atoms with Crippen LogP contribution in [-0.4, -0.2) is 33.4 Å². The number of benzene rings is 1. The van der Waals surface area contributed by atoms with Crippen molar-refractivity contribution in [3.63, 3.8) is 0 Å². The van der Waals surface area contributed by atoms with E-state index in [9.17, 15) is 4.79 Å². The fourth-order valence-corrected chi connectivity index (χ4v) is 3.97. The first-order valence-electron chi connectivity index (χ1n) is 9.32. The van der Waals surface area contributed by atoms with Gasteiger partial charge < -0.3 is 15.6 Å². The number of aromatic nitrogens is 3. The zero-order valence-corrected chi connectivity index (χ0v) is 15.3. The van der Waals surface area contributed by atoms with Gasteiger partial charge in [-0.25, -0.2) is 9.97 Å². The maximum absolute atomic E-state index is 12.4. The Bertz CT molecular complexity index is 1100. The standard InChI is InChI=1S/C21H21N5O/c1-11-5-3-6-13-10-22-21(27)15-9-17(25-18(13)15)14-7-4-8-16-19(14)26-20(23-11)12(2)24-16/h3-5,7-9,11,13,25H,6,10H2,1-2H3,(H,22,27)(H,23,26)/b5-3-/t11-,13-/m1/s1. The summed E-state index contributed by atoms with van der Waals surface area (Å²) in [5.41, 5.74) is 6.17. The molecule has 0 spiro atoms. The number of amides is 1. The van der Waals surface area contributed by atoms with E-state index in [1.807, 2.05) is 31.2 Å². The van der Waals surface area contributed by atoms with E-state index < -0.39 is 0 Å². The number of anilines is 1. The zero-order valence-electron chi connectivity index (χ0n) is 15.3. The molecular weight excluding hydrogens is 338 g/mol. The number of H-pyrrole nitrogens is 1. The molecule has 2 aliphatic rings. The molecule has 0 aliphatic carbocycles. The molecule has 27 heavy (non-hydrogen) atoms. The number of aryl methyl sites for hydroxylation is 1. The highest BCUT2D eigenvalue weighted by Crippen LogP contribution is 2.34. The summed E-state index contributed by atoms with van der Waals surface area (Å²) in [7, 11) is 0. The van der Waals surface area contributed by atoms with Gasteiger partial charge in [0.15, 0.2) is 0 Å². The van der Waals surface area contributed by atoms with Crippen molar-refractivity contribution in [2.24, 2.45) is 0 Å². The number of fused-ring (bicyclic) bond motifs is 3. The largest absolute Gasteiger partial charge is 0.363 e. The Morgan fingerprint density at radius 1 is 1.19 bits per heavy atom. The van der Waals surface area contributed by atoms with E-state index in [1.165, 1.54) is 0 Å². The third-order valence-electron chi connectivity index (χ3n) is 5.38. The lowest BCUT2D eigenvalue weighted by Crippen LogP contribution is -2.34. The summed E-state index contributed by atoms with van der Waals surface area (Å²) in [6.45, 7) is 4.72. The maximum atomic E-state index is 12.4. The van der Waals surface area contributed by atoms with Crippen LogP contribution in [0.1, 0.15) is 41.0 Å². The minimum Gasteiger partial charge on any atom is -0.363 e. The van der Waals surface area contributed by atoms with Crippen LogP contribution in [0, 0.1) is 6.92 Å². The van der Waals surface area contributed by atoms with Crippen LogP contribution in [0.3, 0.4) is 0 Å². The van der Waals surface area contributed by atoms with Crippen molar-refractivity contribution >= 4 is 22.8 Å². The van der Waals surface area contributed by atoms with Gasteiger partial charge in [0.05, 0.1) is 16.8 Å². The lowest BCUT2D eigenvalue weighted by molar-refractivity contribution is 0.0940. The van der Waals surface area contributed by atoms with Crippen LogP contribution in [0.25, 0.3) is 22.3 Å². The second kappa shape index (κ2) is 5.94. The summed E-state index contributed by atoms with van der Waals surface area (Å²) in [5.74, 6) is 1.02. The molecule has 2 atom stereocenters. The molecule has 1 aromatic carbocycles. The van der Waals surface area contributed by atoms with Gasteiger partial charge in [0, 0.05) is 35.5 Å². The second-order valence-electron chi connectivity index (χ2n) is 7.35. The van der Waals surface area contributed by atoms with Gasteiger partial charge in [-0.3, -0.25) is 4.79 Å². The summed E-state index contributed by atoms with van der Waals surface area (Å²) >= 11 is 0. The van der Waals surface area contributed by atoms with Crippen molar-refractivity contribution in [2.75, 3.05) is 11.9 Å². The molecule has 0 fully saturated rings. The third kappa shape index (κ3) is 2.60. The Balaban J connectivity index is 1.80. The van der Waals surface area contributed by atoms with E-state index >= 15 is 0 Å². The van der Waals surface area contributed by atoms with Gasteiger partial charge in [-0.15, -0.1) is 0 Å². The Morgan fingerprint density at radius 3 is 2.96 bits per heavy atom. The third-order valence-corrected chi connectivity index (χ3v) is 5.38. The van der Waals surface area contributed by atoms with Crippen molar-refractivity contribution in [1.29, 1.82) is 0 Å². The van der Waals surface area contributed by atoms with Crippen LogP contribution in [0.5, 0.6) is 0 Å². The molecule has 3 aromatic rings. The lowest BCUT2D eigenvalue weighted by atomic mass is 9.94. The molecule has 4 heterocycles. The first kappa shape index (κ1) is 16.1. The van der Waals surface area contributed by atoms with Gasteiger partial charge in [-0.05, 0) is 32.4 Å². The Morgan fingerprint density at radius 2 is 2.07 bits per heavy atom. The minimum atomic E-state index is -0.0160. The number of nitrogens with one attached hydrogen (secondary N) is 3. The number of allylic oxidation sites excluding steroid dienone is 1. The smallest absolute Gasteiger partial charge is 0.253 e. The average Bonchev–Trinajstić information content (AvgIpc) is 3.09. The summed E-state index contributed by atoms with van der Waals surface area (Å²) < 4.78 is 0.